The van der Waals surface area contributed by atoms with Gasteiger partial charge in [-0.25, -0.2) is 0 Å². The fraction of sp³-hybridized carbons (Fsp3) is 0.125. The molecule has 0 spiro atoms. The molecule has 1 atom stereocenters. The van der Waals surface area contributed by atoms with Crippen LogP contribution < -0.4 is 4.74 Å². The lowest BCUT2D eigenvalue weighted by Gasteiger charge is -2.06. The second kappa shape index (κ2) is 6.07. The van der Waals surface area contributed by atoms with Gasteiger partial charge in [0, 0.05) is 11.1 Å². The van der Waals surface area contributed by atoms with Gasteiger partial charge in [0.15, 0.2) is 12.4 Å². The summed E-state index contributed by atoms with van der Waals surface area (Å²) in [5, 5.41) is 9.01. The molecule has 1 N–H and O–H groups in total. The van der Waals surface area contributed by atoms with Gasteiger partial charge in [-0.05, 0) is 24.3 Å². The molecule has 1 unspecified atom stereocenters. The van der Waals surface area contributed by atoms with Gasteiger partial charge < -0.3 is 9.84 Å². The number of aliphatic hydroxyl groups is 1. The molecule has 0 aliphatic carbocycles. The Morgan fingerprint density at radius 3 is 2.21 bits per heavy atom. The molecule has 2 rings (SSSR count). The highest BCUT2D eigenvalue weighted by molar-refractivity contribution is 6.08. The second-order valence-electron chi connectivity index (χ2n) is 4.18. The van der Waals surface area contributed by atoms with Crippen molar-refractivity contribution in [3.05, 3.63) is 72.6 Å². The van der Waals surface area contributed by atoms with E-state index in [1.807, 2.05) is 18.2 Å². The van der Waals surface area contributed by atoms with Crippen LogP contribution in [0.3, 0.4) is 0 Å². The number of aliphatic hydroxyl groups excluding tert-OH is 1. The molecule has 96 valence electrons. The molecule has 3 nitrogen and oxygen atoms in total. The molecule has 0 saturated carbocycles. The minimum atomic E-state index is -0.759. The van der Waals surface area contributed by atoms with Gasteiger partial charge in [0.1, 0.15) is 5.75 Å². The normalized spacial score (nSPS) is 11.8. The molecule has 0 aliphatic rings. The minimum absolute atomic E-state index is 0.0238. The van der Waals surface area contributed by atoms with E-state index >= 15 is 0 Å². The van der Waals surface area contributed by atoms with Crippen LogP contribution in [0.4, 0.5) is 0 Å². The van der Waals surface area contributed by atoms with Gasteiger partial charge in [0.2, 0.25) is 6.10 Å². The summed E-state index contributed by atoms with van der Waals surface area (Å²) in [7, 11) is 0. The monoisotopic (exact) mass is 255 g/mol. The Kier molecular flexibility index (Phi) is 4.21. The molecule has 0 saturated heterocycles. The average molecular weight is 255 g/mol. The summed E-state index contributed by atoms with van der Waals surface area (Å²) in [6.45, 7) is 3.55. The summed E-state index contributed by atoms with van der Waals surface area (Å²) in [5.41, 5.74) is 1.26. The van der Waals surface area contributed by atoms with Crippen LogP contribution in [0.15, 0.2) is 54.6 Å². The lowest BCUT2D eigenvalue weighted by Crippen LogP contribution is -2.13. The number of carbonyl (C=O) groups excluding carboxylic acids is 1. The fourth-order valence-corrected chi connectivity index (χ4v) is 1.65. The molecule has 0 bridgehead atoms. The van der Waals surface area contributed by atoms with Gasteiger partial charge in [0.25, 0.3) is 0 Å². The summed E-state index contributed by atoms with van der Waals surface area (Å²) >= 11 is 0. The lowest BCUT2D eigenvalue weighted by atomic mass is 10.0. The van der Waals surface area contributed by atoms with Crippen LogP contribution in [0.5, 0.6) is 5.75 Å². The molecule has 0 aromatic heterocycles. The van der Waals surface area contributed by atoms with E-state index in [2.05, 4.69) is 6.92 Å². The molecule has 0 aliphatic heterocycles. The standard InChI is InChI=1S/C16H15O3/c1-12(17)11-19-15-9-7-14(8-10-15)16(18)13-5-3-2-4-6-13/h2-10,12,17H,1,11H2/q+1. The van der Waals surface area contributed by atoms with Crippen LogP contribution >= 0.6 is 0 Å². The number of hydrogen-bond donors (Lipinski definition) is 1. The van der Waals surface area contributed by atoms with Gasteiger partial charge >= 0.3 is 0 Å². The Morgan fingerprint density at radius 1 is 1.05 bits per heavy atom. The zero-order chi connectivity index (χ0) is 13.7. The van der Waals surface area contributed by atoms with Crippen molar-refractivity contribution in [2.45, 2.75) is 6.10 Å². The first-order valence-corrected chi connectivity index (χ1v) is 6.00. The highest BCUT2D eigenvalue weighted by Crippen LogP contribution is 2.15. The van der Waals surface area contributed by atoms with Crippen LogP contribution in [0.1, 0.15) is 15.9 Å². The SMILES string of the molecule is [CH2+]C(O)COc1ccc(C(=O)c2ccccc2)cc1. The zero-order valence-electron chi connectivity index (χ0n) is 10.5. The van der Waals surface area contributed by atoms with Crippen LogP contribution in [-0.4, -0.2) is 23.6 Å². The third-order valence-corrected chi connectivity index (χ3v) is 2.59. The summed E-state index contributed by atoms with van der Waals surface area (Å²) in [5.74, 6) is 0.580. The summed E-state index contributed by atoms with van der Waals surface area (Å²) in [6.07, 6.45) is -0.759. The topological polar surface area (TPSA) is 46.5 Å². The Balaban J connectivity index is 2.08. The number of rotatable bonds is 5. The second-order valence-corrected chi connectivity index (χ2v) is 4.18. The maximum Gasteiger partial charge on any atom is 0.226 e. The van der Waals surface area contributed by atoms with E-state index in [-0.39, 0.29) is 12.4 Å². The molecule has 2 aromatic carbocycles. The Labute approximate surface area is 112 Å². The van der Waals surface area contributed by atoms with Crippen LogP contribution in [0.2, 0.25) is 0 Å². The van der Waals surface area contributed by atoms with Crippen molar-refractivity contribution >= 4 is 5.78 Å². The Morgan fingerprint density at radius 2 is 1.63 bits per heavy atom. The van der Waals surface area contributed by atoms with E-state index < -0.39 is 6.10 Å². The largest absolute Gasteiger partial charge is 0.486 e. The first-order valence-electron chi connectivity index (χ1n) is 6.00. The Bertz CT molecular complexity index is 530. The number of carbonyl (C=O) groups is 1. The lowest BCUT2D eigenvalue weighted by molar-refractivity contribution is 0.103. The average Bonchev–Trinajstić information content (AvgIpc) is 2.46. The predicted molar refractivity (Wildman–Crippen MR) is 73.2 cm³/mol. The van der Waals surface area contributed by atoms with E-state index in [1.165, 1.54) is 0 Å². The molecular formula is C16H15O3+. The molecule has 3 heteroatoms. The van der Waals surface area contributed by atoms with E-state index in [1.54, 1.807) is 36.4 Å². The van der Waals surface area contributed by atoms with Crippen molar-refractivity contribution in [2.75, 3.05) is 6.61 Å². The van der Waals surface area contributed by atoms with E-state index in [0.29, 0.717) is 16.9 Å². The quantitative estimate of drug-likeness (QED) is 0.659. The smallest absolute Gasteiger partial charge is 0.226 e. The van der Waals surface area contributed by atoms with Crippen molar-refractivity contribution in [1.29, 1.82) is 0 Å². The number of benzene rings is 2. The van der Waals surface area contributed by atoms with Crippen LogP contribution in [0, 0.1) is 6.92 Å². The van der Waals surface area contributed by atoms with Crippen molar-refractivity contribution in [1.82, 2.24) is 0 Å². The molecule has 0 radical (unpaired) electrons. The van der Waals surface area contributed by atoms with Gasteiger partial charge in [-0.1, -0.05) is 30.3 Å². The van der Waals surface area contributed by atoms with Crippen molar-refractivity contribution in [3.8, 4) is 5.75 Å². The van der Waals surface area contributed by atoms with Gasteiger partial charge in [-0.3, -0.25) is 4.79 Å². The first kappa shape index (κ1) is 13.2. The highest BCUT2D eigenvalue weighted by atomic mass is 16.5. The van der Waals surface area contributed by atoms with Crippen molar-refractivity contribution in [3.63, 3.8) is 0 Å². The summed E-state index contributed by atoms with van der Waals surface area (Å²) in [4.78, 5) is 12.1. The van der Waals surface area contributed by atoms with Gasteiger partial charge in [-0.15, -0.1) is 0 Å². The molecule has 19 heavy (non-hydrogen) atoms. The number of hydrogen-bond acceptors (Lipinski definition) is 3. The number of ketones is 1. The molecule has 0 heterocycles. The van der Waals surface area contributed by atoms with Gasteiger partial charge in [0.05, 0.1) is 6.92 Å². The Hall–Kier alpha value is -2.26. The third kappa shape index (κ3) is 3.60. The summed E-state index contributed by atoms with van der Waals surface area (Å²) < 4.78 is 5.28. The maximum atomic E-state index is 12.1. The molecule has 2 aromatic rings. The van der Waals surface area contributed by atoms with E-state index in [9.17, 15) is 4.79 Å². The predicted octanol–water partition coefficient (Wildman–Crippen LogP) is 2.49. The van der Waals surface area contributed by atoms with Crippen LogP contribution in [0.25, 0.3) is 0 Å². The van der Waals surface area contributed by atoms with Crippen molar-refractivity contribution in [2.24, 2.45) is 0 Å². The first-order chi connectivity index (χ1) is 9.16. The zero-order valence-corrected chi connectivity index (χ0v) is 10.5. The number of ether oxygens (including phenoxy) is 1. The minimum Gasteiger partial charge on any atom is -0.486 e. The molecular weight excluding hydrogens is 240 g/mol. The highest BCUT2D eigenvalue weighted by Gasteiger charge is 2.09. The molecule has 0 amide bonds. The van der Waals surface area contributed by atoms with E-state index in [0.717, 1.165) is 0 Å². The maximum absolute atomic E-state index is 12.1. The van der Waals surface area contributed by atoms with Gasteiger partial charge in [-0.2, -0.15) is 0 Å². The van der Waals surface area contributed by atoms with Crippen LogP contribution in [-0.2, 0) is 0 Å². The van der Waals surface area contributed by atoms with Crippen molar-refractivity contribution < 1.29 is 14.6 Å². The summed E-state index contributed by atoms with van der Waals surface area (Å²) in [6, 6.07) is 15.9. The van der Waals surface area contributed by atoms with E-state index in [4.69, 9.17) is 9.84 Å². The fourth-order valence-electron chi connectivity index (χ4n) is 1.65. The molecule has 0 fully saturated rings. The third-order valence-electron chi connectivity index (χ3n) is 2.59.